The molecule has 1 atom stereocenters. The van der Waals surface area contributed by atoms with Crippen LogP contribution in [0.4, 0.5) is 0 Å². The van der Waals surface area contributed by atoms with Gasteiger partial charge in [-0.3, -0.25) is 4.67 Å². The fraction of sp³-hybridized carbons (Fsp3) is 0.500. The minimum absolute atomic E-state index is 1.07. The summed E-state index contributed by atoms with van der Waals surface area (Å²) in [5.74, 6) is 0. The number of hydrogen-bond acceptors (Lipinski definition) is 1. The van der Waals surface area contributed by atoms with Gasteiger partial charge in [0.25, 0.3) is 0 Å². The highest BCUT2D eigenvalue weighted by atomic mass is 31.0. The Morgan fingerprint density at radius 3 is 2.17 bits per heavy atom. The number of hydrogen-bond donors (Lipinski definition) is 0. The summed E-state index contributed by atoms with van der Waals surface area (Å²) in [7, 11) is 2.62. The quantitative estimate of drug-likeness (QED) is 0.320. The van der Waals surface area contributed by atoms with Crippen molar-refractivity contribution in [1.29, 1.82) is 0 Å². The van der Waals surface area contributed by atoms with E-state index < -0.39 is 0 Å². The zero-order chi connectivity index (χ0) is 4.57. The molecule has 2 heteroatoms. The van der Waals surface area contributed by atoms with Gasteiger partial charge in [-0.15, -0.1) is 0 Å². The largest absolute Gasteiger partial charge is 0.279 e. The first-order chi connectivity index (χ1) is 2.79. The molecule has 0 aromatic heterocycles. The number of nitrogens with zero attached hydrogens (tertiary/aromatic N) is 1. The molecular formula is C4H8NP. The molecule has 0 aromatic rings. The zero-order valence-electron chi connectivity index (χ0n) is 3.65. The van der Waals surface area contributed by atoms with E-state index in [0.717, 1.165) is 13.1 Å². The van der Waals surface area contributed by atoms with Crippen molar-refractivity contribution in [3.05, 3.63) is 12.2 Å². The second-order valence-corrected chi connectivity index (χ2v) is 2.39. The van der Waals surface area contributed by atoms with Crippen LogP contribution in [0, 0.1) is 0 Å². The van der Waals surface area contributed by atoms with Crippen molar-refractivity contribution in [1.82, 2.24) is 4.67 Å². The average molecular weight is 101 g/mol. The van der Waals surface area contributed by atoms with Crippen molar-refractivity contribution in [3.8, 4) is 0 Å². The molecule has 6 heavy (non-hydrogen) atoms. The summed E-state index contributed by atoms with van der Waals surface area (Å²) in [6.45, 7) is 5.90. The molecule has 0 N–H and O–H groups in total. The van der Waals surface area contributed by atoms with Crippen LogP contribution in [0.15, 0.2) is 12.2 Å². The Kier molecular flexibility index (Phi) is 0.947. The second kappa shape index (κ2) is 1.32. The summed E-state index contributed by atoms with van der Waals surface area (Å²) < 4.78 is 2.14. The van der Waals surface area contributed by atoms with E-state index in [1.165, 1.54) is 5.57 Å². The van der Waals surface area contributed by atoms with Gasteiger partial charge in [0.2, 0.25) is 0 Å². The summed E-state index contributed by atoms with van der Waals surface area (Å²) in [5, 5.41) is 0. The topological polar surface area (TPSA) is 3.24 Å². The van der Waals surface area contributed by atoms with Crippen LogP contribution in [0.2, 0.25) is 0 Å². The van der Waals surface area contributed by atoms with Gasteiger partial charge >= 0.3 is 0 Å². The van der Waals surface area contributed by atoms with E-state index >= 15 is 0 Å². The Bertz CT molecular complexity index is 71.6. The lowest BCUT2D eigenvalue weighted by molar-refractivity contribution is 0.448. The Morgan fingerprint density at radius 2 is 2.17 bits per heavy atom. The molecule has 0 aromatic carbocycles. The predicted octanol–water partition coefficient (Wildman–Crippen LogP) is 0.648. The summed E-state index contributed by atoms with van der Waals surface area (Å²) >= 11 is 0. The Morgan fingerprint density at radius 1 is 1.67 bits per heavy atom. The van der Waals surface area contributed by atoms with Gasteiger partial charge in [-0.2, -0.15) is 0 Å². The highest BCUT2D eigenvalue weighted by molar-refractivity contribution is 7.13. The van der Waals surface area contributed by atoms with E-state index in [9.17, 15) is 0 Å². The third-order valence-corrected chi connectivity index (χ3v) is 1.22. The maximum atomic E-state index is 3.76. The molecule has 1 saturated heterocycles. The Hall–Kier alpha value is 0.130. The normalized spacial score (nSPS) is 23.8. The Balaban J connectivity index is 2.28. The molecule has 34 valence electrons. The SMILES string of the molecule is C=C1CN(P)C1. The summed E-state index contributed by atoms with van der Waals surface area (Å²) in [5.41, 5.74) is 1.34. The zero-order valence-corrected chi connectivity index (χ0v) is 4.80. The van der Waals surface area contributed by atoms with Crippen LogP contribution < -0.4 is 0 Å². The van der Waals surface area contributed by atoms with Crippen LogP contribution in [-0.2, 0) is 0 Å². The smallest absolute Gasteiger partial charge is 0.0240 e. The molecule has 0 radical (unpaired) electrons. The van der Waals surface area contributed by atoms with E-state index in [4.69, 9.17) is 0 Å². The molecule has 1 aliphatic rings. The van der Waals surface area contributed by atoms with Gasteiger partial charge in [-0.25, -0.2) is 0 Å². The van der Waals surface area contributed by atoms with E-state index in [-0.39, 0.29) is 0 Å². The molecule has 1 rings (SSSR count). The molecule has 0 saturated carbocycles. The first-order valence-electron chi connectivity index (χ1n) is 1.95. The minimum atomic E-state index is 1.07. The lowest BCUT2D eigenvalue weighted by atomic mass is 10.2. The van der Waals surface area contributed by atoms with Crippen LogP contribution in [0.3, 0.4) is 0 Å². The fourth-order valence-electron chi connectivity index (χ4n) is 0.528. The molecule has 1 fully saturated rings. The minimum Gasteiger partial charge on any atom is -0.279 e. The van der Waals surface area contributed by atoms with Gasteiger partial charge in [0, 0.05) is 13.1 Å². The van der Waals surface area contributed by atoms with Crippen molar-refractivity contribution >= 4 is 9.39 Å². The second-order valence-electron chi connectivity index (χ2n) is 1.65. The molecule has 0 amide bonds. The summed E-state index contributed by atoms with van der Waals surface area (Å²) in [6, 6.07) is 0. The lowest BCUT2D eigenvalue weighted by Gasteiger charge is -2.27. The van der Waals surface area contributed by atoms with Crippen molar-refractivity contribution in [2.75, 3.05) is 13.1 Å². The maximum Gasteiger partial charge on any atom is 0.0240 e. The van der Waals surface area contributed by atoms with Crippen molar-refractivity contribution in [3.63, 3.8) is 0 Å². The molecular weight excluding hydrogens is 93.0 g/mol. The maximum absolute atomic E-state index is 3.76. The number of rotatable bonds is 0. The van der Waals surface area contributed by atoms with Gasteiger partial charge < -0.3 is 0 Å². The Labute approximate surface area is 40.3 Å². The van der Waals surface area contributed by atoms with E-state index in [2.05, 4.69) is 20.6 Å². The highest BCUT2D eigenvalue weighted by Gasteiger charge is 2.11. The lowest BCUT2D eigenvalue weighted by Crippen LogP contribution is -2.30. The van der Waals surface area contributed by atoms with Crippen molar-refractivity contribution in [2.45, 2.75) is 0 Å². The third-order valence-electron chi connectivity index (χ3n) is 0.853. The predicted molar refractivity (Wildman–Crippen MR) is 30.4 cm³/mol. The first kappa shape index (κ1) is 4.29. The van der Waals surface area contributed by atoms with Gasteiger partial charge in [-0.1, -0.05) is 16.0 Å². The molecule has 0 aliphatic carbocycles. The van der Waals surface area contributed by atoms with E-state index in [1.54, 1.807) is 0 Å². The molecule has 0 spiro atoms. The summed E-state index contributed by atoms with van der Waals surface area (Å²) in [6.07, 6.45) is 0. The molecule has 1 heterocycles. The average Bonchev–Trinajstić information content (AvgIpc) is 1.33. The summed E-state index contributed by atoms with van der Waals surface area (Å²) in [4.78, 5) is 0. The third kappa shape index (κ3) is 0.612. The van der Waals surface area contributed by atoms with Crippen LogP contribution in [-0.4, -0.2) is 17.8 Å². The fourth-order valence-corrected chi connectivity index (χ4v) is 1.04. The van der Waals surface area contributed by atoms with Crippen molar-refractivity contribution < 1.29 is 0 Å². The van der Waals surface area contributed by atoms with Crippen LogP contribution in [0.1, 0.15) is 0 Å². The van der Waals surface area contributed by atoms with E-state index in [0.29, 0.717) is 0 Å². The first-order valence-corrected chi connectivity index (χ1v) is 2.47. The molecule has 1 unspecified atom stereocenters. The van der Waals surface area contributed by atoms with Crippen LogP contribution in [0.25, 0.3) is 0 Å². The van der Waals surface area contributed by atoms with Crippen LogP contribution in [0.5, 0.6) is 0 Å². The van der Waals surface area contributed by atoms with Gasteiger partial charge in [-0.05, 0) is 5.57 Å². The van der Waals surface area contributed by atoms with Crippen LogP contribution >= 0.6 is 9.39 Å². The standard InChI is InChI=1S/C4H8NP/c1-4-2-5(6)3-4/h1-3,6H2. The van der Waals surface area contributed by atoms with Gasteiger partial charge in [0.15, 0.2) is 0 Å². The molecule has 0 bridgehead atoms. The molecule has 1 nitrogen and oxygen atoms in total. The molecule has 1 aliphatic heterocycles. The highest BCUT2D eigenvalue weighted by Crippen LogP contribution is 2.14. The van der Waals surface area contributed by atoms with Crippen molar-refractivity contribution in [2.24, 2.45) is 0 Å². The van der Waals surface area contributed by atoms with Gasteiger partial charge in [0.05, 0.1) is 0 Å². The monoisotopic (exact) mass is 101 g/mol. The van der Waals surface area contributed by atoms with E-state index in [1.807, 2.05) is 0 Å². The van der Waals surface area contributed by atoms with Gasteiger partial charge in [0.1, 0.15) is 0 Å².